The number of hydrogen-bond acceptors (Lipinski definition) is 4. The molecule has 7 heteroatoms. The summed E-state index contributed by atoms with van der Waals surface area (Å²) < 4.78 is 0. The molecule has 0 saturated heterocycles. The van der Waals surface area contributed by atoms with Crippen LogP contribution in [0.5, 0.6) is 0 Å². The molecule has 1 aliphatic rings. The maximum Gasteiger partial charge on any atom is 0.319 e. The van der Waals surface area contributed by atoms with Gasteiger partial charge in [0.1, 0.15) is 5.69 Å². The molecule has 0 atom stereocenters. The third-order valence-corrected chi connectivity index (χ3v) is 3.33. The number of nitrogens with one attached hydrogen (secondary N) is 3. The second-order valence-electron chi connectivity index (χ2n) is 5.45. The lowest BCUT2D eigenvalue weighted by Gasteiger charge is -2.08. The van der Waals surface area contributed by atoms with Crippen LogP contribution in [-0.4, -0.2) is 27.9 Å². The molecule has 3 N–H and O–H groups in total. The number of amides is 3. The number of anilines is 2. The van der Waals surface area contributed by atoms with E-state index in [0.717, 1.165) is 18.5 Å². The third kappa shape index (κ3) is 4.26. The van der Waals surface area contributed by atoms with Gasteiger partial charge in [0.15, 0.2) is 0 Å². The first-order valence-electron chi connectivity index (χ1n) is 7.38. The van der Waals surface area contributed by atoms with E-state index in [-0.39, 0.29) is 17.6 Å². The first-order valence-corrected chi connectivity index (χ1v) is 7.38. The van der Waals surface area contributed by atoms with Crippen molar-refractivity contribution < 1.29 is 9.59 Å². The Kier molecular flexibility index (Phi) is 4.18. The van der Waals surface area contributed by atoms with Crippen LogP contribution in [0.2, 0.25) is 0 Å². The van der Waals surface area contributed by atoms with Crippen molar-refractivity contribution in [3.8, 4) is 0 Å². The average Bonchev–Trinajstić information content (AvgIpc) is 3.33. The molecule has 3 amide bonds. The van der Waals surface area contributed by atoms with Crippen molar-refractivity contribution in [1.29, 1.82) is 0 Å². The van der Waals surface area contributed by atoms with Gasteiger partial charge in [-0.2, -0.15) is 0 Å². The smallest absolute Gasteiger partial charge is 0.319 e. The molecule has 23 heavy (non-hydrogen) atoms. The van der Waals surface area contributed by atoms with E-state index in [1.54, 1.807) is 37.4 Å². The number of carbonyl (C=O) groups is 2. The van der Waals surface area contributed by atoms with Crippen LogP contribution in [0.1, 0.15) is 29.0 Å². The minimum absolute atomic E-state index is 0.209. The molecule has 3 rings (SSSR count). The molecule has 0 aliphatic heterocycles. The molecular weight excluding hydrogens is 294 g/mol. The Morgan fingerprint density at radius 3 is 2.22 bits per heavy atom. The fourth-order valence-electron chi connectivity index (χ4n) is 1.92. The van der Waals surface area contributed by atoms with Crippen LogP contribution in [0.15, 0.2) is 36.7 Å². The summed E-state index contributed by atoms with van der Waals surface area (Å²) >= 11 is 0. The maximum atomic E-state index is 12.0. The molecule has 1 heterocycles. The lowest BCUT2D eigenvalue weighted by molar-refractivity contribution is 0.102. The van der Waals surface area contributed by atoms with Crippen molar-refractivity contribution in [2.45, 2.75) is 25.8 Å². The van der Waals surface area contributed by atoms with E-state index in [4.69, 9.17) is 0 Å². The highest BCUT2D eigenvalue weighted by Crippen LogP contribution is 2.19. The van der Waals surface area contributed by atoms with Crippen molar-refractivity contribution in [2.75, 3.05) is 10.6 Å². The minimum Gasteiger partial charge on any atom is -0.335 e. The fraction of sp³-hybridized carbons (Fsp3) is 0.250. The summed E-state index contributed by atoms with van der Waals surface area (Å²) in [6.07, 6.45) is 5.06. The zero-order chi connectivity index (χ0) is 16.2. The van der Waals surface area contributed by atoms with Gasteiger partial charge in [0.05, 0.1) is 11.9 Å². The van der Waals surface area contributed by atoms with E-state index in [9.17, 15) is 9.59 Å². The number of aryl methyl sites for hydroxylation is 1. The van der Waals surface area contributed by atoms with Gasteiger partial charge < -0.3 is 16.0 Å². The Morgan fingerprint density at radius 1 is 1.00 bits per heavy atom. The van der Waals surface area contributed by atoms with Crippen LogP contribution >= 0.6 is 0 Å². The molecule has 0 unspecified atom stereocenters. The van der Waals surface area contributed by atoms with Crippen LogP contribution in [0, 0.1) is 6.92 Å². The monoisotopic (exact) mass is 311 g/mol. The van der Waals surface area contributed by atoms with Crippen molar-refractivity contribution >= 4 is 23.3 Å². The minimum atomic E-state index is -0.329. The normalized spacial score (nSPS) is 13.3. The maximum absolute atomic E-state index is 12.0. The molecular formula is C16H17N5O2. The molecule has 1 fully saturated rings. The summed E-state index contributed by atoms with van der Waals surface area (Å²) in [5.74, 6) is -0.329. The predicted molar refractivity (Wildman–Crippen MR) is 86.3 cm³/mol. The number of hydrogen-bond donors (Lipinski definition) is 3. The molecule has 0 bridgehead atoms. The standard InChI is InChI=1S/C16H17N5O2/c1-10-8-18-14(9-17-10)15(22)19-11-2-4-12(5-3-11)20-16(23)21-13-6-7-13/h2-5,8-9,13H,6-7H2,1H3,(H,19,22)(H2,20,21,23). The molecule has 0 spiro atoms. The van der Waals surface area contributed by atoms with E-state index >= 15 is 0 Å². The van der Waals surface area contributed by atoms with Gasteiger partial charge in [-0.15, -0.1) is 0 Å². The molecule has 2 aromatic rings. The Hall–Kier alpha value is -2.96. The summed E-state index contributed by atoms with van der Waals surface area (Å²) in [6, 6.07) is 6.98. The van der Waals surface area contributed by atoms with E-state index < -0.39 is 0 Å². The highest BCUT2D eigenvalue weighted by atomic mass is 16.2. The van der Waals surface area contributed by atoms with Gasteiger partial charge in [-0.25, -0.2) is 9.78 Å². The molecule has 1 aromatic carbocycles. The summed E-state index contributed by atoms with van der Waals surface area (Å²) in [6.45, 7) is 1.81. The van der Waals surface area contributed by atoms with Crippen LogP contribution < -0.4 is 16.0 Å². The molecule has 7 nitrogen and oxygen atoms in total. The van der Waals surface area contributed by atoms with Crippen LogP contribution in [0.4, 0.5) is 16.2 Å². The van der Waals surface area contributed by atoms with E-state index in [0.29, 0.717) is 17.4 Å². The topological polar surface area (TPSA) is 96.0 Å². The second-order valence-corrected chi connectivity index (χ2v) is 5.45. The lowest BCUT2D eigenvalue weighted by atomic mass is 10.2. The van der Waals surface area contributed by atoms with Crippen LogP contribution in [0.3, 0.4) is 0 Å². The average molecular weight is 311 g/mol. The summed E-state index contributed by atoms with van der Waals surface area (Å²) in [4.78, 5) is 31.7. The van der Waals surface area contributed by atoms with Gasteiger partial charge >= 0.3 is 6.03 Å². The number of urea groups is 1. The van der Waals surface area contributed by atoms with Crippen molar-refractivity contribution in [1.82, 2.24) is 15.3 Å². The molecule has 1 aromatic heterocycles. The lowest BCUT2D eigenvalue weighted by Crippen LogP contribution is -2.30. The SMILES string of the molecule is Cc1cnc(C(=O)Nc2ccc(NC(=O)NC3CC3)cc2)cn1. The number of benzene rings is 1. The fourth-order valence-corrected chi connectivity index (χ4v) is 1.92. The second kappa shape index (κ2) is 6.43. The van der Waals surface area contributed by atoms with Gasteiger partial charge in [0.25, 0.3) is 5.91 Å². The van der Waals surface area contributed by atoms with E-state index in [2.05, 4.69) is 25.9 Å². The van der Waals surface area contributed by atoms with Gasteiger partial charge in [-0.3, -0.25) is 9.78 Å². The number of rotatable bonds is 4. The van der Waals surface area contributed by atoms with Gasteiger partial charge in [0, 0.05) is 23.6 Å². The first-order chi connectivity index (χ1) is 11.1. The molecule has 118 valence electrons. The number of nitrogens with zero attached hydrogens (tertiary/aromatic N) is 2. The highest BCUT2D eigenvalue weighted by Gasteiger charge is 2.23. The third-order valence-electron chi connectivity index (χ3n) is 3.33. The summed E-state index contributed by atoms with van der Waals surface area (Å²) in [5, 5.41) is 8.32. The Labute approximate surface area is 133 Å². The van der Waals surface area contributed by atoms with Crippen molar-refractivity contribution in [2.24, 2.45) is 0 Å². The Balaban J connectivity index is 1.57. The largest absolute Gasteiger partial charge is 0.335 e. The van der Waals surface area contributed by atoms with E-state index in [1.807, 2.05) is 0 Å². The quantitative estimate of drug-likeness (QED) is 0.807. The van der Waals surface area contributed by atoms with Crippen LogP contribution in [-0.2, 0) is 0 Å². The highest BCUT2D eigenvalue weighted by molar-refractivity contribution is 6.02. The van der Waals surface area contributed by atoms with Crippen molar-refractivity contribution in [3.63, 3.8) is 0 Å². The number of aromatic nitrogens is 2. The molecule has 1 saturated carbocycles. The Morgan fingerprint density at radius 2 is 1.65 bits per heavy atom. The Bertz CT molecular complexity index is 708. The predicted octanol–water partition coefficient (Wildman–Crippen LogP) is 2.32. The van der Waals surface area contributed by atoms with Crippen molar-refractivity contribution in [3.05, 3.63) is 48.0 Å². The van der Waals surface area contributed by atoms with Gasteiger partial charge in [-0.1, -0.05) is 0 Å². The van der Waals surface area contributed by atoms with Crippen LogP contribution in [0.25, 0.3) is 0 Å². The zero-order valence-electron chi connectivity index (χ0n) is 12.7. The summed E-state index contributed by atoms with van der Waals surface area (Å²) in [5.41, 5.74) is 2.28. The van der Waals surface area contributed by atoms with E-state index in [1.165, 1.54) is 6.20 Å². The number of carbonyl (C=O) groups excluding carboxylic acids is 2. The molecule has 0 radical (unpaired) electrons. The summed E-state index contributed by atoms with van der Waals surface area (Å²) in [7, 11) is 0. The zero-order valence-corrected chi connectivity index (χ0v) is 12.7. The van der Waals surface area contributed by atoms with Gasteiger partial charge in [0.2, 0.25) is 0 Å². The van der Waals surface area contributed by atoms with Gasteiger partial charge in [-0.05, 0) is 44.0 Å². The molecule has 1 aliphatic carbocycles. The first kappa shape index (κ1) is 15.0.